The van der Waals surface area contributed by atoms with Crippen LogP contribution in [0.1, 0.15) is 22.3 Å². The first-order valence-electron chi connectivity index (χ1n) is 7.43. The summed E-state index contributed by atoms with van der Waals surface area (Å²) in [5.74, 6) is 0.371. The molecule has 2 rings (SSSR count). The van der Waals surface area contributed by atoms with Crippen molar-refractivity contribution >= 4 is 11.5 Å². The van der Waals surface area contributed by atoms with Gasteiger partial charge in [-0.3, -0.25) is 4.99 Å². The Labute approximate surface area is 139 Å². The molecule has 0 aliphatic carbocycles. The smallest absolute Gasteiger partial charge is 0.383 e. The van der Waals surface area contributed by atoms with Gasteiger partial charge in [0.25, 0.3) is 0 Å². The molecule has 0 amide bonds. The van der Waals surface area contributed by atoms with Crippen LogP contribution >= 0.6 is 0 Å². The molecule has 0 spiro atoms. The molecule has 0 aliphatic heterocycles. The Bertz CT molecular complexity index is 732. The van der Waals surface area contributed by atoms with Crippen LogP contribution in [-0.4, -0.2) is 19.9 Å². The van der Waals surface area contributed by atoms with Gasteiger partial charge in [0, 0.05) is 25.3 Å². The Hall–Kier alpha value is -2.50. The zero-order valence-electron chi connectivity index (χ0n) is 13.9. The van der Waals surface area contributed by atoms with Gasteiger partial charge in [0.15, 0.2) is 0 Å². The fourth-order valence-electron chi connectivity index (χ4n) is 2.22. The summed E-state index contributed by atoms with van der Waals surface area (Å²) in [5.41, 5.74) is 8.89. The third kappa shape index (κ3) is 4.28. The van der Waals surface area contributed by atoms with Crippen LogP contribution in [0.25, 0.3) is 0 Å². The van der Waals surface area contributed by atoms with E-state index in [1.165, 1.54) is 12.1 Å². The number of amidine groups is 1. The molecular formula is C18H20F3N3. The van der Waals surface area contributed by atoms with E-state index in [-0.39, 0.29) is 6.54 Å². The molecule has 6 heteroatoms. The molecule has 2 N–H and O–H groups in total. The third-order valence-electron chi connectivity index (χ3n) is 3.73. The van der Waals surface area contributed by atoms with Crippen molar-refractivity contribution in [3.05, 3.63) is 64.7 Å². The number of hydrogen-bond acceptors (Lipinski definition) is 2. The number of aliphatic imine (C=N–C) groups is 1. The number of halogens is 3. The highest BCUT2D eigenvalue weighted by atomic mass is 19.4. The predicted molar refractivity (Wildman–Crippen MR) is 91.4 cm³/mol. The van der Waals surface area contributed by atoms with Crippen molar-refractivity contribution in [3.63, 3.8) is 0 Å². The lowest BCUT2D eigenvalue weighted by Gasteiger charge is -2.15. The molecule has 3 nitrogen and oxygen atoms in total. The number of benzene rings is 2. The normalized spacial score (nSPS) is 12.3. The first-order chi connectivity index (χ1) is 11.2. The van der Waals surface area contributed by atoms with Gasteiger partial charge in [-0.15, -0.1) is 0 Å². The summed E-state index contributed by atoms with van der Waals surface area (Å²) in [6.45, 7) is 2.17. The van der Waals surface area contributed by atoms with E-state index in [2.05, 4.69) is 4.99 Å². The molecule has 0 atom stereocenters. The molecule has 24 heavy (non-hydrogen) atoms. The van der Waals surface area contributed by atoms with Crippen LogP contribution in [0.2, 0.25) is 0 Å². The van der Waals surface area contributed by atoms with Crippen molar-refractivity contribution in [3.8, 4) is 0 Å². The van der Waals surface area contributed by atoms with Crippen LogP contribution in [-0.2, 0) is 12.7 Å². The molecule has 0 saturated carbocycles. The highest BCUT2D eigenvalue weighted by molar-refractivity contribution is 5.99. The topological polar surface area (TPSA) is 41.6 Å². The van der Waals surface area contributed by atoms with Crippen LogP contribution < -0.4 is 10.6 Å². The van der Waals surface area contributed by atoms with Crippen molar-refractivity contribution < 1.29 is 13.2 Å². The number of nitrogens with two attached hydrogens (primary N) is 1. The lowest BCUT2D eigenvalue weighted by atomic mass is 10.1. The minimum absolute atomic E-state index is 0.232. The van der Waals surface area contributed by atoms with Gasteiger partial charge in [-0.1, -0.05) is 18.2 Å². The van der Waals surface area contributed by atoms with Gasteiger partial charge < -0.3 is 10.6 Å². The minimum atomic E-state index is -4.33. The van der Waals surface area contributed by atoms with Crippen molar-refractivity contribution in [1.29, 1.82) is 0 Å². The van der Waals surface area contributed by atoms with Gasteiger partial charge in [0.1, 0.15) is 5.84 Å². The summed E-state index contributed by atoms with van der Waals surface area (Å²) >= 11 is 0. The van der Waals surface area contributed by atoms with E-state index in [4.69, 9.17) is 5.73 Å². The van der Waals surface area contributed by atoms with Crippen molar-refractivity contribution in [2.45, 2.75) is 19.6 Å². The molecule has 0 bridgehead atoms. The standard InChI is InChI=1S/C18H20F3N3/c1-12-4-9-15(24(2)3)10-16(12)17(22)23-11-13-5-7-14(8-6-13)18(19,20)21/h4-10H,11H2,1-3H3,(H2,22,23). The average Bonchev–Trinajstić information content (AvgIpc) is 2.52. The number of nitrogens with zero attached hydrogens (tertiary/aromatic N) is 2. The summed E-state index contributed by atoms with van der Waals surface area (Å²) in [4.78, 5) is 6.28. The van der Waals surface area contributed by atoms with Gasteiger partial charge in [0.2, 0.25) is 0 Å². The maximum absolute atomic E-state index is 12.6. The van der Waals surface area contributed by atoms with E-state index in [0.717, 1.165) is 28.9 Å². The lowest BCUT2D eigenvalue weighted by molar-refractivity contribution is -0.137. The molecule has 2 aromatic carbocycles. The molecule has 0 radical (unpaired) electrons. The van der Waals surface area contributed by atoms with Gasteiger partial charge in [-0.2, -0.15) is 13.2 Å². The van der Waals surface area contributed by atoms with E-state index in [1.54, 1.807) is 0 Å². The second-order valence-electron chi connectivity index (χ2n) is 5.79. The maximum Gasteiger partial charge on any atom is 0.416 e. The predicted octanol–water partition coefficient (Wildman–Crippen LogP) is 3.99. The summed E-state index contributed by atoms with van der Waals surface area (Å²) in [6, 6.07) is 10.8. The highest BCUT2D eigenvalue weighted by Crippen LogP contribution is 2.29. The van der Waals surface area contributed by atoms with E-state index in [9.17, 15) is 13.2 Å². The highest BCUT2D eigenvalue weighted by Gasteiger charge is 2.29. The summed E-state index contributed by atoms with van der Waals surface area (Å²) in [5, 5.41) is 0. The molecule has 0 aliphatic rings. The number of anilines is 1. The van der Waals surface area contributed by atoms with Crippen molar-refractivity contribution in [2.24, 2.45) is 10.7 Å². The number of hydrogen-bond donors (Lipinski definition) is 1. The molecule has 128 valence electrons. The zero-order valence-corrected chi connectivity index (χ0v) is 13.9. The fourth-order valence-corrected chi connectivity index (χ4v) is 2.22. The molecular weight excluding hydrogens is 315 g/mol. The summed E-state index contributed by atoms with van der Waals surface area (Å²) in [7, 11) is 3.87. The molecule has 0 unspecified atom stereocenters. The number of alkyl halides is 3. The SMILES string of the molecule is Cc1ccc(N(C)C)cc1C(N)=NCc1ccc(C(F)(F)F)cc1. The van der Waals surface area contributed by atoms with Crippen LogP contribution in [0.4, 0.5) is 18.9 Å². The van der Waals surface area contributed by atoms with Gasteiger partial charge in [0.05, 0.1) is 12.1 Å². The second-order valence-corrected chi connectivity index (χ2v) is 5.79. The van der Waals surface area contributed by atoms with Gasteiger partial charge in [-0.05, 0) is 42.3 Å². The molecule has 0 heterocycles. The quantitative estimate of drug-likeness (QED) is 0.678. The Morgan fingerprint density at radius 2 is 1.71 bits per heavy atom. The van der Waals surface area contributed by atoms with E-state index in [1.807, 2.05) is 44.1 Å². The molecule has 0 fully saturated rings. The molecule has 2 aromatic rings. The second kappa shape index (κ2) is 6.95. The Balaban J connectivity index is 2.19. The first-order valence-corrected chi connectivity index (χ1v) is 7.43. The number of rotatable bonds is 4. The minimum Gasteiger partial charge on any atom is -0.383 e. The Morgan fingerprint density at radius 3 is 2.25 bits per heavy atom. The van der Waals surface area contributed by atoms with Gasteiger partial charge >= 0.3 is 6.18 Å². The largest absolute Gasteiger partial charge is 0.416 e. The fraction of sp³-hybridized carbons (Fsp3) is 0.278. The van der Waals surface area contributed by atoms with Crippen LogP contribution in [0, 0.1) is 6.92 Å². The monoisotopic (exact) mass is 335 g/mol. The molecule has 0 aromatic heterocycles. The Morgan fingerprint density at radius 1 is 1.08 bits per heavy atom. The van der Waals surface area contributed by atoms with Crippen LogP contribution in [0.5, 0.6) is 0 Å². The molecule has 0 saturated heterocycles. The number of aryl methyl sites for hydroxylation is 1. The van der Waals surface area contributed by atoms with E-state index in [0.29, 0.717) is 11.4 Å². The van der Waals surface area contributed by atoms with E-state index < -0.39 is 11.7 Å². The first kappa shape index (κ1) is 17.8. The van der Waals surface area contributed by atoms with Crippen molar-refractivity contribution in [2.75, 3.05) is 19.0 Å². The van der Waals surface area contributed by atoms with Crippen LogP contribution in [0.3, 0.4) is 0 Å². The van der Waals surface area contributed by atoms with Crippen molar-refractivity contribution in [1.82, 2.24) is 0 Å². The van der Waals surface area contributed by atoms with Gasteiger partial charge in [-0.25, -0.2) is 0 Å². The summed E-state index contributed by atoms with van der Waals surface area (Å²) < 4.78 is 37.7. The average molecular weight is 335 g/mol. The maximum atomic E-state index is 12.6. The lowest BCUT2D eigenvalue weighted by Crippen LogP contribution is -2.17. The third-order valence-corrected chi connectivity index (χ3v) is 3.73. The van der Waals surface area contributed by atoms with Crippen LogP contribution in [0.15, 0.2) is 47.5 Å². The van der Waals surface area contributed by atoms with E-state index >= 15 is 0 Å². The zero-order chi connectivity index (χ0) is 17.9. The Kier molecular flexibility index (Phi) is 5.17. The summed E-state index contributed by atoms with van der Waals surface area (Å²) in [6.07, 6.45) is -4.33.